The Labute approximate surface area is 242 Å². The molecule has 3 nitrogen and oxygen atoms in total. The Morgan fingerprint density at radius 1 is 0.634 bits per heavy atom. The third-order valence-electron chi connectivity index (χ3n) is 8.78. The number of hydrogen-bond acceptors (Lipinski definition) is 3. The second-order valence-electron chi connectivity index (χ2n) is 11.4. The summed E-state index contributed by atoms with van der Waals surface area (Å²) in [7, 11) is -2.05. The number of rotatable bonds is 2. The first-order chi connectivity index (χ1) is 20.1. The second-order valence-corrected chi connectivity index (χ2v) is 16.7. The average molecular weight is 560 g/mol. The zero-order valence-electron chi connectivity index (χ0n) is 22.7. The van der Waals surface area contributed by atoms with Crippen LogP contribution in [0.3, 0.4) is 0 Å². The molecule has 0 saturated heterocycles. The third-order valence-corrected chi connectivity index (χ3v) is 13.3. The lowest BCUT2D eigenvalue weighted by Crippen LogP contribution is -2.51. The monoisotopic (exact) mass is 559 g/mol. The first-order valence-corrected chi connectivity index (χ1v) is 17.8. The number of nitrogens with zero attached hydrogens (tertiary/aromatic N) is 3. The highest BCUT2D eigenvalue weighted by Gasteiger charge is 2.42. The summed E-state index contributed by atoms with van der Waals surface area (Å²) in [6.07, 6.45) is 0. The second kappa shape index (κ2) is 8.23. The van der Waals surface area contributed by atoms with Gasteiger partial charge in [-0.15, -0.1) is 11.3 Å². The molecule has 0 N–H and O–H groups in total. The molecule has 194 valence electrons. The van der Waals surface area contributed by atoms with E-state index in [9.17, 15) is 0 Å². The summed E-state index contributed by atoms with van der Waals surface area (Å²) in [5.74, 6) is 1.77. The van der Waals surface area contributed by atoms with E-state index in [1.54, 1.807) is 0 Å². The van der Waals surface area contributed by atoms with Crippen LogP contribution >= 0.6 is 11.3 Å². The van der Waals surface area contributed by atoms with Crippen LogP contribution in [0.25, 0.3) is 70.3 Å². The molecule has 1 aliphatic rings. The van der Waals surface area contributed by atoms with Gasteiger partial charge < -0.3 is 0 Å². The van der Waals surface area contributed by atoms with Crippen LogP contribution in [-0.2, 0) is 0 Å². The van der Waals surface area contributed by atoms with E-state index >= 15 is 0 Å². The van der Waals surface area contributed by atoms with Crippen LogP contribution < -0.4 is 10.5 Å². The maximum atomic E-state index is 5.42. The molecule has 0 atom stereocenters. The van der Waals surface area contributed by atoms with Crippen LogP contribution in [0, 0.1) is 0 Å². The normalized spacial score (nSPS) is 13.8. The van der Waals surface area contributed by atoms with Crippen molar-refractivity contribution in [2.45, 2.75) is 13.1 Å². The topological polar surface area (TPSA) is 30.7 Å². The van der Waals surface area contributed by atoms with Crippen LogP contribution in [0.2, 0.25) is 13.1 Å². The summed E-state index contributed by atoms with van der Waals surface area (Å²) in [6, 6.07) is 41.5. The van der Waals surface area contributed by atoms with Crippen LogP contribution in [0.15, 0.2) is 115 Å². The van der Waals surface area contributed by atoms with Gasteiger partial charge in [0.05, 0.1) is 11.0 Å². The van der Waals surface area contributed by atoms with Gasteiger partial charge in [0.25, 0.3) is 0 Å². The fraction of sp³-hybridized carbons (Fsp3) is 0.0556. The molecule has 0 amide bonds. The molecule has 0 spiro atoms. The Morgan fingerprint density at radius 2 is 1.37 bits per heavy atom. The Bertz CT molecular complexity index is 2350. The molecule has 8 aromatic rings. The van der Waals surface area contributed by atoms with Gasteiger partial charge >= 0.3 is 0 Å². The van der Waals surface area contributed by atoms with E-state index in [1.165, 1.54) is 63.6 Å². The number of aromatic nitrogens is 3. The summed E-state index contributed by atoms with van der Waals surface area (Å²) < 4.78 is 5.07. The molecule has 41 heavy (non-hydrogen) atoms. The van der Waals surface area contributed by atoms with Crippen molar-refractivity contribution in [2.24, 2.45) is 0 Å². The molecule has 3 aromatic heterocycles. The Hall–Kier alpha value is -4.58. The minimum Gasteiger partial charge on any atom is -0.293 e. The van der Waals surface area contributed by atoms with Gasteiger partial charge in [0.1, 0.15) is 13.9 Å². The number of thiophene rings is 1. The van der Waals surface area contributed by atoms with Gasteiger partial charge in [-0.05, 0) is 28.9 Å². The molecule has 0 bridgehead atoms. The fourth-order valence-corrected chi connectivity index (χ4v) is 11.0. The zero-order chi connectivity index (χ0) is 27.3. The maximum Gasteiger partial charge on any atom is 0.161 e. The zero-order valence-corrected chi connectivity index (χ0v) is 24.5. The number of para-hydroxylation sites is 1. The first-order valence-electron chi connectivity index (χ1n) is 14.0. The minimum absolute atomic E-state index is 0.793. The number of fused-ring (bicyclic) bond motifs is 10. The molecule has 5 heteroatoms. The molecule has 1 aliphatic heterocycles. The van der Waals surface area contributed by atoms with Gasteiger partial charge in [0.2, 0.25) is 0 Å². The SMILES string of the molecule is C[Si]1(C)c2ccccc2-c2c(-n3c4ccccc4c4c5sc6ccccc6c5ccc43)nc(-c3ccccc3)nc21. The Balaban J connectivity index is 1.48. The predicted octanol–water partition coefficient (Wildman–Crippen LogP) is 8.41. The first kappa shape index (κ1) is 23.2. The van der Waals surface area contributed by atoms with Crippen molar-refractivity contribution in [2.75, 3.05) is 0 Å². The summed E-state index contributed by atoms with van der Waals surface area (Å²) in [5, 5.41) is 7.85. The summed E-state index contributed by atoms with van der Waals surface area (Å²) in [4.78, 5) is 10.8. The molecule has 9 rings (SSSR count). The van der Waals surface area contributed by atoms with Gasteiger partial charge in [-0.3, -0.25) is 4.57 Å². The average Bonchev–Trinajstić information content (AvgIpc) is 3.63. The maximum absolute atomic E-state index is 5.42. The van der Waals surface area contributed by atoms with Crippen LogP contribution in [-0.4, -0.2) is 22.6 Å². The predicted molar refractivity (Wildman–Crippen MR) is 177 cm³/mol. The van der Waals surface area contributed by atoms with Crippen molar-refractivity contribution in [1.29, 1.82) is 0 Å². The largest absolute Gasteiger partial charge is 0.293 e. The van der Waals surface area contributed by atoms with E-state index in [0.29, 0.717) is 0 Å². The van der Waals surface area contributed by atoms with Gasteiger partial charge in [-0.1, -0.05) is 110 Å². The quantitative estimate of drug-likeness (QED) is 0.199. The highest BCUT2D eigenvalue weighted by atomic mass is 32.1. The van der Waals surface area contributed by atoms with Crippen LogP contribution in [0.4, 0.5) is 0 Å². The smallest absolute Gasteiger partial charge is 0.161 e. The van der Waals surface area contributed by atoms with Crippen LogP contribution in [0.1, 0.15) is 0 Å². The molecule has 0 unspecified atom stereocenters. The minimum atomic E-state index is -2.05. The Morgan fingerprint density at radius 3 is 2.24 bits per heavy atom. The van der Waals surface area contributed by atoms with Crippen molar-refractivity contribution in [1.82, 2.24) is 14.5 Å². The van der Waals surface area contributed by atoms with Gasteiger partial charge in [-0.2, -0.15) is 0 Å². The van der Waals surface area contributed by atoms with E-state index in [-0.39, 0.29) is 0 Å². The van der Waals surface area contributed by atoms with E-state index < -0.39 is 8.07 Å². The summed E-state index contributed by atoms with van der Waals surface area (Å²) in [5.41, 5.74) is 5.88. The van der Waals surface area contributed by atoms with Crippen molar-refractivity contribution in [3.63, 3.8) is 0 Å². The molecular weight excluding hydrogens is 535 g/mol. The van der Waals surface area contributed by atoms with Crippen molar-refractivity contribution >= 4 is 71.9 Å². The van der Waals surface area contributed by atoms with Crippen molar-refractivity contribution in [3.8, 4) is 28.3 Å². The third kappa shape index (κ3) is 3.07. The lowest BCUT2D eigenvalue weighted by atomic mass is 10.1. The van der Waals surface area contributed by atoms with Gasteiger partial charge in [0, 0.05) is 47.4 Å². The molecule has 0 aliphatic carbocycles. The molecule has 4 heterocycles. The molecule has 5 aromatic carbocycles. The molecule has 0 fully saturated rings. The summed E-state index contributed by atoms with van der Waals surface area (Å²) >= 11 is 1.89. The standard InChI is InChI=1S/C36H25N3SSi/c1-41(2)30-19-11-8-16-26(30)32-35(37-34(38-36(32)41)22-12-4-3-5-13-22)39-27-17-9-6-15-25(27)31-28(39)21-20-24-23-14-7-10-18-29(23)40-33(24)31/h3-21H,1-2H3. The van der Waals surface area contributed by atoms with Crippen molar-refractivity contribution < 1.29 is 0 Å². The molecule has 0 saturated carbocycles. The molecular formula is C36H25N3SSi. The van der Waals surface area contributed by atoms with E-state index in [4.69, 9.17) is 9.97 Å². The van der Waals surface area contributed by atoms with Crippen LogP contribution in [0.5, 0.6) is 0 Å². The van der Waals surface area contributed by atoms with Gasteiger partial charge in [-0.25, -0.2) is 9.97 Å². The molecule has 0 radical (unpaired) electrons. The highest BCUT2D eigenvalue weighted by Crippen LogP contribution is 2.44. The van der Waals surface area contributed by atoms with E-state index in [0.717, 1.165) is 17.2 Å². The van der Waals surface area contributed by atoms with E-state index in [2.05, 4.69) is 133 Å². The number of benzene rings is 5. The Kier molecular flexibility index (Phi) is 4.65. The lowest BCUT2D eigenvalue weighted by Gasteiger charge is -2.19. The fourth-order valence-electron chi connectivity index (χ4n) is 6.86. The van der Waals surface area contributed by atoms with E-state index in [1.807, 2.05) is 11.3 Å². The summed E-state index contributed by atoms with van der Waals surface area (Å²) in [6.45, 7) is 4.85. The highest BCUT2D eigenvalue weighted by molar-refractivity contribution is 7.26. The lowest BCUT2D eigenvalue weighted by molar-refractivity contribution is 1.06. The van der Waals surface area contributed by atoms with Crippen molar-refractivity contribution in [3.05, 3.63) is 115 Å². The van der Waals surface area contributed by atoms with Gasteiger partial charge in [0.15, 0.2) is 5.82 Å². The number of hydrogen-bond donors (Lipinski definition) is 0.